The summed E-state index contributed by atoms with van der Waals surface area (Å²) in [6.45, 7) is 8.48. The van der Waals surface area contributed by atoms with Gasteiger partial charge in [-0.3, -0.25) is 10.4 Å². The summed E-state index contributed by atoms with van der Waals surface area (Å²) in [4.78, 5) is 15.8. The van der Waals surface area contributed by atoms with Crippen molar-refractivity contribution in [3.05, 3.63) is 60.3 Å². The predicted molar refractivity (Wildman–Crippen MR) is 147 cm³/mol. The first-order valence-electron chi connectivity index (χ1n) is 12.6. The van der Waals surface area contributed by atoms with E-state index in [1.165, 1.54) is 0 Å². The quantitative estimate of drug-likeness (QED) is 0.475. The van der Waals surface area contributed by atoms with E-state index in [0.29, 0.717) is 18.2 Å². The lowest BCUT2D eigenvalue weighted by Crippen LogP contribution is -2.41. The number of hydrogen-bond donors (Lipinski definition) is 3. The number of benzene rings is 2. The Morgan fingerprint density at radius 3 is 2.51 bits per heavy atom. The van der Waals surface area contributed by atoms with Crippen molar-refractivity contribution in [2.75, 3.05) is 35.0 Å². The van der Waals surface area contributed by atoms with Crippen LogP contribution < -0.4 is 20.7 Å². The Kier molecular flexibility index (Phi) is 6.68. The summed E-state index contributed by atoms with van der Waals surface area (Å²) in [7, 11) is 0. The van der Waals surface area contributed by atoms with Crippen LogP contribution in [-0.2, 0) is 0 Å². The second-order valence-electron chi connectivity index (χ2n) is 10.4. The molecule has 0 radical (unpaired) electrons. The molecule has 1 aromatic heterocycles. The summed E-state index contributed by atoms with van der Waals surface area (Å²) in [5, 5.41) is 24.9. The molecule has 2 aromatic carbocycles. The Balaban J connectivity index is 1.28. The molecular formula is C28H32N8O. The summed E-state index contributed by atoms with van der Waals surface area (Å²) < 4.78 is 0. The van der Waals surface area contributed by atoms with Crippen LogP contribution in [0.5, 0.6) is 0 Å². The van der Waals surface area contributed by atoms with Gasteiger partial charge in [0.25, 0.3) is 0 Å². The Hall–Kier alpha value is -4.16. The summed E-state index contributed by atoms with van der Waals surface area (Å²) >= 11 is 0. The van der Waals surface area contributed by atoms with E-state index in [4.69, 9.17) is 0 Å². The van der Waals surface area contributed by atoms with Gasteiger partial charge >= 0.3 is 0 Å². The number of rotatable bonds is 5. The van der Waals surface area contributed by atoms with Gasteiger partial charge in [0, 0.05) is 36.0 Å². The smallest absolute Gasteiger partial charge is 0.227 e. The van der Waals surface area contributed by atoms with Crippen molar-refractivity contribution in [3.8, 4) is 17.3 Å². The number of hydrogen-bond acceptors (Lipinski definition) is 9. The van der Waals surface area contributed by atoms with Crippen molar-refractivity contribution in [1.29, 1.82) is 5.26 Å². The molecule has 2 aliphatic heterocycles. The van der Waals surface area contributed by atoms with E-state index in [1.54, 1.807) is 6.20 Å². The molecule has 0 bridgehead atoms. The first-order valence-corrected chi connectivity index (χ1v) is 12.6. The maximum atomic E-state index is 9.80. The SMILES string of the molecule is CC(C)(C)C1=NCN(c2ccc(Nc3nccc(-c4ccc(N5CCC(O)CC5)c(C#N)c4)n3)cc2)N1. The molecule has 0 saturated carbocycles. The molecule has 1 saturated heterocycles. The van der Waals surface area contributed by atoms with Crippen LogP contribution in [0.3, 0.4) is 0 Å². The third kappa shape index (κ3) is 5.49. The molecule has 0 aliphatic carbocycles. The second kappa shape index (κ2) is 10.1. The van der Waals surface area contributed by atoms with Crippen molar-refractivity contribution in [2.24, 2.45) is 10.4 Å². The van der Waals surface area contributed by atoms with Crippen LogP contribution in [0.2, 0.25) is 0 Å². The number of hydrazine groups is 1. The van der Waals surface area contributed by atoms with Crippen LogP contribution in [-0.4, -0.2) is 46.8 Å². The number of nitriles is 1. The van der Waals surface area contributed by atoms with Gasteiger partial charge in [0.15, 0.2) is 0 Å². The van der Waals surface area contributed by atoms with Crippen LogP contribution >= 0.6 is 0 Å². The molecular weight excluding hydrogens is 464 g/mol. The summed E-state index contributed by atoms with van der Waals surface area (Å²) in [5.41, 5.74) is 8.35. The Morgan fingerprint density at radius 1 is 1.08 bits per heavy atom. The van der Waals surface area contributed by atoms with E-state index < -0.39 is 0 Å². The van der Waals surface area contributed by atoms with Crippen LogP contribution in [0, 0.1) is 16.7 Å². The molecule has 3 N–H and O–H groups in total. The lowest BCUT2D eigenvalue weighted by molar-refractivity contribution is 0.145. The normalized spacial score (nSPS) is 16.2. The van der Waals surface area contributed by atoms with E-state index >= 15 is 0 Å². The molecule has 9 heteroatoms. The van der Waals surface area contributed by atoms with Gasteiger partial charge in [0.2, 0.25) is 5.95 Å². The van der Waals surface area contributed by atoms with E-state index in [2.05, 4.69) is 57.4 Å². The van der Waals surface area contributed by atoms with E-state index in [0.717, 1.165) is 60.1 Å². The molecule has 5 rings (SSSR count). The van der Waals surface area contributed by atoms with Crippen molar-refractivity contribution < 1.29 is 5.11 Å². The Morgan fingerprint density at radius 2 is 1.84 bits per heavy atom. The minimum Gasteiger partial charge on any atom is -0.393 e. The maximum Gasteiger partial charge on any atom is 0.227 e. The molecule has 190 valence electrons. The molecule has 37 heavy (non-hydrogen) atoms. The predicted octanol–water partition coefficient (Wildman–Crippen LogP) is 4.45. The van der Waals surface area contributed by atoms with Crippen molar-refractivity contribution in [2.45, 2.75) is 39.7 Å². The third-order valence-corrected chi connectivity index (χ3v) is 6.63. The average molecular weight is 497 g/mol. The molecule has 2 aliphatic rings. The summed E-state index contributed by atoms with van der Waals surface area (Å²) in [5.74, 6) is 1.46. The van der Waals surface area contributed by atoms with Gasteiger partial charge in [-0.05, 0) is 55.3 Å². The van der Waals surface area contributed by atoms with Gasteiger partial charge in [-0.25, -0.2) is 15.0 Å². The first kappa shape index (κ1) is 24.5. The number of aliphatic imine (C=N–C) groups is 1. The fraction of sp³-hybridized carbons (Fsp3) is 0.357. The van der Waals surface area contributed by atoms with Gasteiger partial charge in [0.1, 0.15) is 18.6 Å². The van der Waals surface area contributed by atoms with Gasteiger partial charge in [-0.2, -0.15) is 5.26 Å². The molecule has 3 heterocycles. The highest BCUT2D eigenvalue weighted by Gasteiger charge is 2.25. The highest BCUT2D eigenvalue weighted by Crippen LogP contribution is 2.29. The average Bonchev–Trinajstić information content (AvgIpc) is 3.41. The number of aliphatic hydroxyl groups excluding tert-OH is 1. The van der Waals surface area contributed by atoms with E-state index in [1.807, 2.05) is 53.5 Å². The fourth-order valence-corrected chi connectivity index (χ4v) is 4.49. The molecule has 1 fully saturated rings. The standard InChI is InChI=1S/C28H32N8O/c1-28(2,3)26-31-18-36(34-26)22-7-5-21(6-8-22)32-27-30-13-10-24(33-27)19-4-9-25(20(16-19)17-29)35-14-11-23(37)12-15-35/h4-10,13,16,23,37H,11-12,14-15,18H2,1-3H3,(H,31,34)(H,30,32,33). The highest BCUT2D eigenvalue weighted by molar-refractivity contribution is 5.90. The van der Waals surface area contributed by atoms with Crippen LogP contribution in [0.1, 0.15) is 39.2 Å². The van der Waals surface area contributed by atoms with Crippen molar-refractivity contribution in [3.63, 3.8) is 0 Å². The van der Waals surface area contributed by atoms with E-state index in [-0.39, 0.29) is 11.5 Å². The Labute approximate surface area is 217 Å². The minimum atomic E-state index is -0.253. The lowest BCUT2D eigenvalue weighted by Gasteiger charge is -2.32. The number of nitrogens with zero attached hydrogens (tertiary/aromatic N) is 6. The minimum absolute atomic E-state index is 0.0238. The first-order chi connectivity index (χ1) is 17.8. The summed E-state index contributed by atoms with van der Waals surface area (Å²) in [6.07, 6.45) is 2.89. The second-order valence-corrected chi connectivity index (χ2v) is 10.4. The van der Waals surface area contributed by atoms with Gasteiger partial charge < -0.3 is 15.3 Å². The maximum absolute atomic E-state index is 9.80. The molecule has 3 aromatic rings. The molecule has 0 spiro atoms. The van der Waals surface area contributed by atoms with Gasteiger partial charge in [-0.15, -0.1) is 0 Å². The lowest BCUT2D eigenvalue weighted by atomic mass is 9.95. The summed E-state index contributed by atoms with van der Waals surface area (Å²) in [6, 6.07) is 18.0. The highest BCUT2D eigenvalue weighted by atomic mass is 16.3. The number of aliphatic hydroxyl groups is 1. The van der Waals surface area contributed by atoms with Gasteiger partial charge in [-0.1, -0.05) is 26.8 Å². The number of piperidine rings is 1. The number of amidine groups is 1. The van der Waals surface area contributed by atoms with Gasteiger partial charge in [0.05, 0.1) is 28.7 Å². The molecule has 0 amide bonds. The van der Waals surface area contributed by atoms with Crippen LogP contribution in [0.25, 0.3) is 11.3 Å². The third-order valence-electron chi connectivity index (χ3n) is 6.63. The van der Waals surface area contributed by atoms with Crippen LogP contribution in [0.4, 0.5) is 23.0 Å². The number of nitrogens with one attached hydrogen (secondary N) is 2. The topological polar surface area (TPSA) is 113 Å². The van der Waals surface area contributed by atoms with Crippen molar-refractivity contribution in [1.82, 2.24) is 15.4 Å². The zero-order valence-corrected chi connectivity index (χ0v) is 21.4. The molecule has 9 nitrogen and oxygen atoms in total. The molecule has 0 atom stereocenters. The fourth-order valence-electron chi connectivity index (χ4n) is 4.49. The van der Waals surface area contributed by atoms with Crippen LogP contribution in [0.15, 0.2) is 59.7 Å². The zero-order chi connectivity index (χ0) is 26.0. The zero-order valence-electron chi connectivity index (χ0n) is 21.4. The Bertz CT molecular complexity index is 1330. The number of aromatic nitrogens is 2. The monoisotopic (exact) mass is 496 g/mol. The van der Waals surface area contributed by atoms with Crippen molar-refractivity contribution >= 4 is 28.8 Å². The largest absolute Gasteiger partial charge is 0.393 e. The number of anilines is 4. The molecule has 0 unspecified atom stereocenters. The van der Waals surface area contributed by atoms with E-state index in [9.17, 15) is 10.4 Å².